The predicted octanol–water partition coefficient (Wildman–Crippen LogP) is 1.60. The summed E-state index contributed by atoms with van der Waals surface area (Å²) in [5.74, 6) is 0. The highest BCUT2D eigenvalue weighted by molar-refractivity contribution is 6.00. The molecule has 0 radical (unpaired) electrons. The van der Waals surface area contributed by atoms with E-state index in [0.29, 0.717) is 6.04 Å². The molecule has 0 bridgehead atoms. The van der Waals surface area contributed by atoms with E-state index in [1.807, 2.05) is 0 Å². The fourth-order valence-electron chi connectivity index (χ4n) is 2.99. The lowest BCUT2D eigenvalue weighted by molar-refractivity contribution is -0.0590. The first-order chi connectivity index (χ1) is 10.4. The van der Waals surface area contributed by atoms with Gasteiger partial charge in [0.2, 0.25) is 0 Å². The topological polar surface area (TPSA) is 74.4 Å². The third-order valence-electron chi connectivity index (χ3n) is 4.31. The summed E-state index contributed by atoms with van der Waals surface area (Å²) >= 11 is 0. The average molecular weight is 320 g/mol. The van der Waals surface area contributed by atoms with E-state index in [4.69, 9.17) is 15.9 Å². The molecule has 2 rings (SSSR count). The molecule has 22 heavy (non-hydrogen) atoms. The first-order valence-electron chi connectivity index (χ1n) is 7.57. The summed E-state index contributed by atoms with van der Waals surface area (Å²) in [6, 6.07) is 0.661. The molecule has 5 nitrogen and oxygen atoms in total. The second-order valence-electron chi connectivity index (χ2n) is 5.79. The van der Waals surface area contributed by atoms with Crippen molar-refractivity contribution < 1.29 is 17.9 Å². The number of nitrogens with one attached hydrogen (secondary N) is 2. The van der Waals surface area contributed by atoms with Gasteiger partial charge in [0.15, 0.2) is 5.71 Å². The van der Waals surface area contributed by atoms with Gasteiger partial charge in [0.1, 0.15) is 0 Å². The van der Waals surface area contributed by atoms with Crippen molar-refractivity contribution >= 4 is 5.71 Å². The second-order valence-corrected chi connectivity index (χ2v) is 5.79. The van der Waals surface area contributed by atoms with Crippen LogP contribution in [-0.2, 0) is 4.74 Å². The Morgan fingerprint density at radius 2 is 1.77 bits per heavy atom. The smallest absolute Gasteiger partial charge is 0.396 e. The van der Waals surface area contributed by atoms with Gasteiger partial charge in [-0.25, -0.2) is 0 Å². The van der Waals surface area contributed by atoms with E-state index in [1.165, 1.54) is 0 Å². The fraction of sp³-hybridized carbons (Fsp3) is 0.786. The van der Waals surface area contributed by atoms with Gasteiger partial charge in [-0.2, -0.15) is 13.2 Å². The van der Waals surface area contributed by atoms with Crippen LogP contribution in [0.3, 0.4) is 0 Å². The van der Waals surface area contributed by atoms with Crippen LogP contribution in [-0.4, -0.2) is 55.2 Å². The van der Waals surface area contributed by atoms with Gasteiger partial charge in [0.25, 0.3) is 0 Å². The number of hydrogen-bond acceptors (Lipinski definition) is 5. The van der Waals surface area contributed by atoms with Crippen LogP contribution in [0.4, 0.5) is 13.2 Å². The van der Waals surface area contributed by atoms with Crippen molar-refractivity contribution in [3.63, 3.8) is 0 Å². The molecule has 2 aliphatic rings. The Labute approximate surface area is 128 Å². The number of hydrogen-bond donors (Lipinski definition) is 3. The highest BCUT2D eigenvalue weighted by Gasteiger charge is 2.36. The number of morpholine rings is 1. The summed E-state index contributed by atoms with van der Waals surface area (Å²) in [6.07, 6.45) is 0.242. The van der Waals surface area contributed by atoms with Crippen molar-refractivity contribution in [2.24, 2.45) is 5.73 Å². The molecule has 4 N–H and O–H groups in total. The molecule has 1 aliphatic carbocycles. The zero-order valence-corrected chi connectivity index (χ0v) is 12.5. The Morgan fingerprint density at radius 3 is 2.32 bits per heavy atom. The van der Waals surface area contributed by atoms with Crippen LogP contribution < -0.4 is 11.1 Å². The van der Waals surface area contributed by atoms with Gasteiger partial charge in [-0.15, -0.1) is 0 Å². The third kappa shape index (κ3) is 4.61. The minimum Gasteiger partial charge on any atom is -0.396 e. The monoisotopic (exact) mass is 320 g/mol. The van der Waals surface area contributed by atoms with Crippen molar-refractivity contribution in [2.45, 2.75) is 43.9 Å². The molecule has 1 saturated heterocycles. The molecule has 0 spiro atoms. The van der Waals surface area contributed by atoms with Crippen LogP contribution in [0, 0.1) is 5.41 Å². The molecule has 8 heteroatoms. The number of nitrogens with zero attached hydrogens (tertiary/aromatic N) is 1. The normalized spacial score (nSPS) is 28.4. The van der Waals surface area contributed by atoms with Gasteiger partial charge in [0.05, 0.1) is 18.9 Å². The number of ether oxygens (including phenoxy) is 1. The molecule has 1 aliphatic heterocycles. The van der Waals surface area contributed by atoms with Gasteiger partial charge in [-0.05, 0) is 25.7 Å². The van der Waals surface area contributed by atoms with E-state index in [9.17, 15) is 13.2 Å². The van der Waals surface area contributed by atoms with Crippen molar-refractivity contribution in [1.82, 2.24) is 10.2 Å². The first-order valence-corrected chi connectivity index (χ1v) is 7.57. The molecule has 0 aromatic carbocycles. The van der Waals surface area contributed by atoms with E-state index in [-0.39, 0.29) is 6.04 Å². The molecular weight excluding hydrogens is 297 g/mol. The molecule has 1 saturated carbocycles. The number of allylic oxidation sites excluding steroid dienone is 1. The van der Waals surface area contributed by atoms with Crippen molar-refractivity contribution in [2.75, 3.05) is 26.3 Å². The number of rotatable bonds is 4. The maximum atomic E-state index is 12.3. The van der Waals surface area contributed by atoms with Crippen LogP contribution in [0.25, 0.3) is 0 Å². The highest BCUT2D eigenvalue weighted by Crippen LogP contribution is 2.24. The minimum atomic E-state index is -4.70. The summed E-state index contributed by atoms with van der Waals surface area (Å²) in [4.78, 5) is 2.43. The number of alkyl halides is 3. The Hall–Kier alpha value is -1.28. The summed E-state index contributed by atoms with van der Waals surface area (Å²) in [7, 11) is 0. The third-order valence-corrected chi connectivity index (χ3v) is 4.31. The maximum Gasteiger partial charge on any atom is 0.434 e. The van der Waals surface area contributed by atoms with Gasteiger partial charge in [-0.3, -0.25) is 10.3 Å². The standard InChI is InChI=1S/C14H23F3N4O/c15-14(16,17)13(19)12(18)9-20-10-1-3-11(4-2-10)21-5-7-22-8-6-21/h9-11,19-20H,1-8,18H2/b12-9+,19-13?/t10-,11-. The van der Waals surface area contributed by atoms with Crippen molar-refractivity contribution in [1.29, 1.82) is 5.41 Å². The number of halogens is 3. The van der Waals surface area contributed by atoms with E-state index in [2.05, 4.69) is 10.2 Å². The van der Waals surface area contributed by atoms with Gasteiger partial charge < -0.3 is 15.8 Å². The maximum absolute atomic E-state index is 12.3. The highest BCUT2D eigenvalue weighted by atomic mass is 19.4. The van der Waals surface area contributed by atoms with E-state index in [0.717, 1.165) is 58.2 Å². The Morgan fingerprint density at radius 1 is 1.18 bits per heavy atom. The second kappa shape index (κ2) is 7.32. The Kier molecular flexibility index (Phi) is 5.69. The lowest BCUT2D eigenvalue weighted by Crippen LogP contribution is -2.46. The van der Waals surface area contributed by atoms with E-state index in [1.54, 1.807) is 0 Å². The van der Waals surface area contributed by atoms with Crippen molar-refractivity contribution in [3.05, 3.63) is 11.9 Å². The first kappa shape index (κ1) is 17.1. The molecule has 1 heterocycles. The minimum absolute atomic E-state index is 0.122. The molecule has 126 valence electrons. The fourth-order valence-corrected chi connectivity index (χ4v) is 2.99. The number of nitrogens with two attached hydrogens (primary N) is 1. The lowest BCUT2D eigenvalue weighted by atomic mass is 9.90. The van der Waals surface area contributed by atoms with E-state index >= 15 is 0 Å². The van der Waals surface area contributed by atoms with Gasteiger partial charge >= 0.3 is 6.18 Å². The summed E-state index contributed by atoms with van der Waals surface area (Å²) in [6.45, 7) is 3.46. The average Bonchev–Trinajstić information content (AvgIpc) is 2.52. The van der Waals surface area contributed by atoms with Crippen LogP contribution in [0.5, 0.6) is 0 Å². The van der Waals surface area contributed by atoms with Crippen LogP contribution in [0.15, 0.2) is 11.9 Å². The zero-order chi connectivity index (χ0) is 16.2. The van der Waals surface area contributed by atoms with Gasteiger partial charge in [-0.1, -0.05) is 0 Å². The van der Waals surface area contributed by atoms with Crippen LogP contribution >= 0.6 is 0 Å². The molecule has 0 amide bonds. The molecule has 0 aromatic heterocycles. The molecule has 0 aromatic rings. The quantitative estimate of drug-likeness (QED) is 0.688. The van der Waals surface area contributed by atoms with Gasteiger partial charge in [0, 0.05) is 31.4 Å². The summed E-state index contributed by atoms with van der Waals surface area (Å²) in [5.41, 5.74) is 3.23. The van der Waals surface area contributed by atoms with Crippen molar-refractivity contribution in [3.8, 4) is 0 Å². The van der Waals surface area contributed by atoms with E-state index < -0.39 is 17.6 Å². The lowest BCUT2D eigenvalue weighted by Gasteiger charge is -2.38. The molecule has 2 fully saturated rings. The molecule has 0 unspecified atom stereocenters. The van der Waals surface area contributed by atoms with Crippen LogP contribution in [0.1, 0.15) is 25.7 Å². The van der Waals surface area contributed by atoms with Crippen LogP contribution in [0.2, 0.25) is 0 Å². The Bertz CT molecular complexity index is 411. The SMILES string of the molecule is N=C(/C(N)=C\N[C@H]1CC[C@H](N2CCOCC2)CC1)C(F)(F)F. The molecule has 0 atom stereocenters. The molecular formula is C14H23F3N4O. The summed E-state index contributed by atoms with van der Waals surface area (Å²) in [5, 5.41) is 9.88. The zero-order valence-electron chi connectivity index (χ0n) is 12.5. The largest absolute Gasteiger partial charge is 0.434 e. The Balaban J connectivity index is 1.76. The summed E-state index contributed by atoms with van der Waals surface area (Å²) < 4.78 is 42.3. The predicted molar refractivity (Wildman–Crippen MR) is 77.6 cm³/mol.